The van der Waals surface area contributed by atoms with Crippen LogP contribution in [0.15, 0.2) is 47.8 Å². The van der Waals surface area contributed by atoms with Crippen LogP contribution in [-0.2, 0) is 11.2 Å². The third-order valence-electron chi connectivity index (χ3n) is 3.19. The first-order valence-corrected chi connectivity index (χ1v) is 8.26. The topological polar surface area (TPSA) is 58.2 Å². The first kappa shape index (κ1) is 16.2. The second kappa shape index (κ2) is 9.00. The summed E-state index contributed by atoms with van der Waals surface area (Å²) in [5.74, 6) is -0.147. The van der Waals surface area contributed by atoms with Crippen LogP contribution in [0.25, 0.3) is 0 Å². The number of hydrogen-bond acceptors (Lipinski definition) is 3. The Kier molecular flexibility index (Phi) is 6.64. The summed E-state index contributed by atoms with van der Waals surface area (Å²) in [6.07, 6.45) is 2.18. The van der Waals surface area contributed by atoms with Crippen molar-refractivity contribution in [3.8, 4) is 0 Å². The quantitative estimate of drug-likeness (QED) is 0.736. The number of thiophene rings is 1. The molecule has 2 aromatic rings. The minimum Gasteiger partial charge on any atom is -0.356 e. The zero-order valence-electron chi connectivity index (χ0n) is 12.4. The van der Waals surface area contributed by atoms with Crippen LogP contribution >= 0.6 is 11.3 Å². The van der Waals surface area contributed by atoms with E-state index in [9.17, 15) is 9.59 Å². The summed E-state index contributed by atoms with van der Waals surface area (Å²) in [5, 5.41) is 7.47. The molecule has 0 aliphatic heterocycles. The van der Waals surface area contributed by atoms with Crippen molar-refractivity contribution in [3.05, 3.63) is 58.3 Å². The van der Waals surface area contributed by atoms with Crippen LogP contribution in [0.5, 0.6) is 0 Å². The van der Waals surface area contributed by atoms with Crippen LogP contribution in [0.1, 0.15) is 28.1 Å². The van der Waals surface area contributed by atoms with Gasteiger partial charge in [0.25, 0.3) is 5.91 Å². The van der Waals surface area contributed by atoms with E-state index in [-0.39, 0.29) is 11.8 Å². The number of amides is 2. The van der Waals surface area contributed by atoms with Gasteiger partial charge in [-0.15, -0.1) is 11.3 Å². The van der Waals surface area contributed by atoms with Crippen molar-refractivity contribution >= 4 is 23.2 Å². The molecule has 0 saturated carbocycles. The normalized spacial score (nSPS) is 10.2. The van der Waals surface area contributed by atoms with Crippen LogP contribution in [0.4, 0.5) is 0 Å². The van der Waals surface area contributed by atoms with Gasteiger partial charge in [0.1, 0.15) is 0 Å². The average molecular weight is 316 g/mol. The maximum atomic E-state index is 11.7. The van der Waals surface area contributed by atoms with E-state index < -0.39 is 0 Å². The second-order valence-electron chi connectivity index (χ2n) is 4.92. The molecule has 0 bridgehead atoms. The Hall–Kier alpha value is -2.14. The zero-order valence-corrected chi connectivity index (χ0v) is 13.2. The molecule has 1 heterocycles. The molecule has 4 nitrogen and oxygen atoms in total. The Labute approximate surface area is 134 Å². The van der Waals surface area contributed by atoms with Crippen molar-refractivity contribution in [2.75, 3.05) is 13.1 Å². The van der Waals surface area contributed by atoms with Crippen LogP contribution in [0.3, 0.4) is 0 Å². The maximum absolute atomic E-state index is 11.7. The smallest absolute Gasteiger partial charge is 0.261 e. The van der Waals surface area contributed by atoms with Gasteiger partial charge in [-0.3, -0.25) is 9.59 Å². The molecule has 22 heavy (non-hydrogen) atoms. The third kappa shape index (κ3) is 5.69. The number of carbonyl (C=O) groups is 2. The minimum atomic E-state index is -0.119. The van der Waals surface area contributed by atoms with Gasteiger partial charge in [0.05, 0.1) is 4.88 Å². The van der Waals surface area contributed by atoms with Crippen LogP contribution in [0, 0.1) is 0 Å². The van der Waals surface area contributed by atoms with Crippen molar-refractivity contribution in [1.82, 2.24) is 10.6 Å². The predicted molar refractivity (Wildman–Crippen MR) is 89.0 cm³/mol. The summed E-state index contributed by atoms with van der Waals surface area (Å²) in [7, 11) is 0. The number of nitrogens with one attached hydrogen (secondary N) is 2. The van der Waals surface area contributed by atoms with Crippen LogP contribution < -0.4 is 10.6 Å². The van der Waals surface area contributed by atoms with E-state index in [4.69, 9.17) is 0 Å². The maximum Gasteiger partial charge on any atom is 0.261 e. The molecule has 5 heteroatoms. The molecule has 2 N–H and O–H groups in total. The molecule has 0 spiro atoms. The SMILES string of the molecule is O=C(CCNC(=O)c1cccs1)NCCCc1ccccc1. The molecule has 0 fully saturated rings. The van der Waals surface area contributed by atoms with E-state index in [1.54, 1.807) is 6.07 Å². The second-order valence-corrected chi connectivity index (χ2v) is 5.87. The molecule has 0 radical (unpaired) electrons. The highest BCUT2D eigenvalue weighted by molar-refractivity contribution is 7.12. The van der Waals surface area contributed by atoms with E-state index in [0.717, 1.165) is 12.8 Å². The van der Waals surface area contributed by atoms with Crippen LogP contribution in [0.2, 0.25) is 0 Å². The highest BCUT2D eigenvalue weighted by Gasteiger charge is 2.06. The molecule has 0 atom stereocenters. The fraction of sp³-hybridized carbons (Fsp3) is 0.294. The van der Waals surface area contributed by atoms with Crippen LogP contribution in [-0.4, -0.2) is 24.9 Å². The molecule has 116 valence electrons. The van der Waals surface area contributed by atoms with Crippen molar-refractivity contribution in [1.29, 1.82) is 0 Å². The van der Waals surface area contributed by atoms with E-state index in [1.165, 1.54) is 16.9 Å². The summed E-state index contributed by atoms with van der Waals surface area (Å²) in [5.41, 5.74) is 1.28. The van der Waals surface area contributed by atoms with E-state index in [2.05, 4.69) is 22.8 Å². The van der Waals surface area contributed by atoms with E-state index >= 15 is 0 Å². The largest absolute Gasteiger partial charge is 0.356 e. The van der Waals surface area contributed by atoms with Gasteiger partial charge >= 0.3 is 0 Å². The predicted octanol–water partition coefficient (Wildman–Crippen LogP) is 2.62. The lowest BCUT2D eigenvalue weighted by Gasteiger charge is -2.06. The summed E-state index contributed by atoms with van der Waals surface area (Å²) in [6, 6.07) is 13.8. The van der Waals surface area contributed by atoms with Crippen molar-refractivity contribution < 1.29 is 9.59 Å². The highest BCUT2D eigenvalue weighted by atomic mass is 32.1. The molecule has 2 rings (SSSR count). The Morgan fingerprint density at radius 2 is 1.77 bits per heavy atom. The lowest BCUT2D eigenvalue weighted by Crippen LogP contribution is -2.31. The number of hydrogen-bond donors (Lipinski definition) is 2. The molecule has 1 aromatic heterocycles. The molecule has 0 aliphatic rings. The summed E-state index contributed by atoms with van der Waals surface area (Å²) < 4.78 is 0. The summed E-state index contributed by atoms with van der Waals surface area (Å²) in [4.78, 5) is 24.0. The summed E-state index contributed by atoms with van der Waals surface area (Å²) >= 11 is 1.39. The monoisotopic (exact) mass is 316 g/mol. The van der Waals surface area contributed by atoms with E-state index in [0.29, 0.717) is 24.4 Å². The Balaban J connectivity index is 1.54. The Bertz CT molecular complexity index is 582. The number of benzene rings is 1. The van der Waals surface area contributed by atoms with E-state index in [1.807, 2.05) is 29.6 Å². The summed E-state index contributed by atoms with van der Waals surface area (Å²) in [6.45, 7) is 1.02. The van der Waals surface area contributed by atoms with Gasteiger partial charge in [0.2, 0.25) is 5.91 Å². The zero-order chi connectivity index (χ0) is 15.6. The van der Waals surface area contributed by atoms with Gasteiger partial charge in [-0.2, -0.15) is 0 Å². The van der Waals surface area contributed by atoms with Gasteiger partial charge in [0, 0.05) is 19.5 Å². The molecule has 1 aromatic carbocycles. The first-order chi connectivity index (χ1) is 10.8. The molecular weight excluding hydrogens is 296 g/mol. The first-order valence-electron chi connectivity index (χ1n) is 7.38. The lowest BCUT2D eigenvalue weighted by atomic mass is 10.1. The Morgan fingerprint density at radius 3 is 2.50 bits per heavy atom. The number of aryl methyl sites for hydroxylation is 1. The molecular formula is C17H20N2O2S. The Morgan fingerprint density at radius 1 is 0.955 bits per heavy atom. The standard InChI is InChI=1S/C17H20N2O2S/c20-16(10-12-19-17(21)15-9-5-13-22-15)18-11-4-8-14-6-2-1-3-7-14/h1-3,5-7,9,13H,4,8,10-12H2,(H,18,20)(H,19,21). The fourth-order valence-corrected chi connectivity index (χ4v) is 2.68. The molecule has 0 aliphatic carbocycles. The van der Waals surface area contributed by atoms with Crippen molar-refractivity contribution in [2.45, 2.75) is 19.3 Å². The molecule has 2 amide bonds. The van der Waals surface area contributed by atoms with Crippen molar-refractivity contribution in [2.24, 2.45) is 0 Å². The minimum absolute atomic E-state index is 0.0282. The highest BCUT2D eigenvalue weighted by Crippen LogP contribution is 2.07. The lowest BCUT2D eigenvalue weighted by molar-refractivity contribution is -0.120. The van der Waals surface area contributed by atoms with Gasteiger partial charge in [-0.25, -0.2) is 0 Å². The molecule has 0 unspecified atom stereocenters. The average Bonchev–Trinajstić information content (AvgIpc) is 3.07. The van der Waals surface area contributed by atoms with Gasteiger partial charge in [-0.05, 0) is 29.9 Å². The van der Waals surface area contributed by atoms with Crippen molar-refractivity contribution in [3.63, 3.8) is 0 Å². The van der Waals surface area contributed by atoms with Gasteiger partial charge < -0.3 is 10.6 Å². The van der Waals surface area contributed by atoms with Gasteiger partial charge in [-0.1, -0.05) is 36.4 Å². The van der Waals surface area contributed by atoms with Gasteiger partial charge in [0.15, 0.2) is 0 Å². The number of carbonyl (C=O) groups excluding carboxylic acids is 2. The third-order valence-corrected chi connectivity index (χ3v) is 4.06. The fourth-order valence-electron chi connectivity index (χ4n) is 2.04. The molecule has 0 saturated heterocycles. The number of rotatable bonds is 8.